The lowest BCUT2D eigenvalue weighted by Gasteiger charge is -2.38. The lowest BCUT2D eigenvalue weighted by molar-refractivity contribution is -0.0247. The van der Waals surface area contributed by atoms with E-state index in [1.165, 1.54) is 0 Å². The molecule has 1 amide bonds. The summed E-state index contributed by atoms with van der Waals surface area (Å²) in [6.45, 7) is 22.1. The zero-order chi connectivity index (χ0) is 31.8. The number of methoxy groups -OCH3 is 1. The number of amides is 1. The summed E-state index contributed by atoms with van der Waals surface area (Å²) in [6.07, 6.45) is 1.72. The van der Waals surface area contributed by atoms with Gasteiger partial charge in [-0.3, -0.25) is 5.32 Å². The third kappa shape index (κ3) is 7.57. The van der Waals surface area contributed by atoms with E-state index in [2.05, 4.69) is 57.2 Å². The molecule has 0 aliphatic carbocycles. The Morgan fingerprint density at radius 2 is 1.88 bits per heavy atom. The van der Waals surface area contributed by atoms with Crippen LogP contribution in [-0.2, 0) is 24.2 Å². The predicted octanol–water partition coefficient (Wildman–Crippen LogP) is 7.10. The third-order valence-corrected chi connectivity index (χ3v) is 12.8. The van der Waals surface area contributed by atoms with Crippen LogP contribution >= 0.6 is 0 Å². The van der Waals surface area contributed by atoms with Crippen molar-refractivity contribution in [1.29, 1.82) is 0 Å². The summed E-state index contributed by atoms with van der Waals surface area (Å²) in [7, 11) is -0.263. The number of nitrogens with one attached hydrogen (secondary N) is 1. The van der Waals surface area contributed by atoms with Crippen LogP contribution in [0.3, 0.4) is 0 Å². The third-order valence-electron chi connectivity index (χ3n) is 8.19. The zero-order valence-corrected chi connectivity index (χ0v) is 28.6. The lowest BCUT2D eigenvalue weighted by Crippen LogP contribution is -2.44. The van der Waals surface area contributed by atoms with E-state index in [1.807, 2.05) is 50.3 Å². The summed E-state index contributed by atoms with van der Waals surface area (Å²) in [5.74, 6) is 1.05. The molecule has 0 radical (unpaired) electrons. The molecule has 1 saturated heterocycles. The Hall–Kier alpha value is -2.99. The van der Waals surface area contributed by atoms with Crippen molar-refractivity contribution in [3.05, 3.63) is 42.0 Å². The monoisotopic (exact) mass is 612 g/mol. The number of nitrogens with zero attached hydrogens (tertiary/aromatic N) is 3. The van der Waals surface area contributed by atoms with Gasteiger partial charge in [0.15, 0.2) is 8.32 Å². The van der Waals surface area contributed by atoms with Gasteiger partial charge in [-0.2, -0.15) is 0 Å². The van der Waals surface area contributed by atoms with Crippen LogP contribution in [0.5, 0.6) is 5.75 Å². The second kappa shape index (κ2) is 12.2. The number of carbonyl (C=O) groups is 1. The highest BCUT2D eigenvalue weighted by molar-refractivity contribution is 6.74. The van der Waals surface area contributed by atoms with Gasteiger partial charge in [0, 0.05) is 49.6 Å². The van der Waals surface area contributed by atoms with Crippen LogP contribution in [0.4, 0.5) is 10.6 Å². The van der Waals surface area contributed by atoms with E-state index in [-0.39, 0.29) is 11.1 Å². The van der Waals surface area contributed by atoms with Crippen LogP contribution in [0.25, 0.3) is 16.8 Å². The summed E-state index contributed by atoms with van der Waals surface area (Å²) < 4.78 is 32.1. The number of rotatable bonds is 9. The van der Waals surface area contributed by atoms with Crippen molar-refractivity contribution in [2.75, 3.05) is 32.2 Å². The number of anilines is 1. The van der Waals surface area contributed by atoms with Crippen LogP contribution in [-0.4, -0.2) is 67.4 Å². The van der Waals surface area contributed by atoms with Gasteiger partial charge in [0.2, 0.25) is 0 Å². The molecule has 1 aliphatic rings. The molecular weight excluding hydrogens is 564 g/mol. The summed E-state index contributed by atoms with van der Waals surface area (Å²) in [5.41, 5.74) is 2.84. The first-order valence-corrected chi connectivity index (χ1v) is 17.8. The van der Waals surface area contributed by atoms with Crippen molar-refractivity contribution >= 4 is 25.7 Å². The topological polar surface area (TPSA) is 105 Å². The van der Waals surface area contributed by atoms with E-state index in [0.717, 1.165) is 22.5 Å². The number of carbonyl (C=O) groups excluding carboxylic acids is 1. The Morgan fingerprint density at radius 1 is 1.16 bits per heavy atom. The number of hydrogen-bond acceptors (Lipinski definition) is 8. The molecule has 3 aromatic heterocycles. The first-order valence-electron chi connectivity index (χ1n) is 14.9. The molecule has 4 rings (SSSR count). The average molecular weight is 613 g/mol. The Bertz CT molecular complexity index is 1450. The van der Waals surface area contributed by atoms with Crippen molar-refractivity contribution < 1.29 is 28.2 Å². The Balaban J connectivity index is 1.71. The highest BCUT2D eigenvalue weighted by Crippen LogP contribution is 2.39. The molecule has 236 valence electrons. The minimum Gasteiger partial charge on any atom is -0.491 e. The number of aromatic nitrogens is 3. The maximum atomic E-state index is 12.5. The lowest BCUT2D eigenvalue weighted by atomic mass is 9.97. The molecule has 0 bridgehead atoms. The van der Waals surface area contributed by atoms with Crippen LogP contribution in [0.2, 0.25) is 18.1 Å². The first kappa shape index (κ1) is 32.9. The standard InChI is InChI=1S/C32H48N4O6Si/c1-21-14-24(26-17-28(33-20-36(21)26)35-29(37)41-30(3,4)5)25-15-23(16-27(34-25)32(38-9)12-13-39-19-32)40-18-22(2)42-43(10,11)31(6,7)8/h14-17,20,22H,12-13,18-19H2,1-11H3,(H,35,37)/t22-,32+/m1/s1. The van der Waals surface area contributed by atoms with E-state index in [1.54, 1.807) is 13.4 Å². The van der Waals surface area contributed by atoms with E-state index >= 15 is 0 Å². The molecule has 4 heterocycles. The highest BCUT2D eigenvalue weighted by atomic mass is 28.4. The molecular formula is C32H48N4O6Si. The second-order valence-electron chi connectivity index (χ2n) is 13.9. The maximum absolute atomic E-state index is 12.5. The van der Waals surface area contributed by atoms with Crippen LogP contribution in [0.1, 0.15) is 66.3 Å². The quantitative estimate of drug-likeness (QED) is 0.255. The molecule has 1 aliphatic heterocycles. The van der Waals surface area contributed by atoms with E-state index < -0.39 is 25.6 Å². The van der Waals surface area contributed by atoms with Gasteiger partial charge in [-0.25, -0.2) is 14.8 Å². The van der Waals surface area contributed by atoms with E-state index in [4.69, 9.17) is 28.4 Å². The first-order chi connectivity index (χ1) is 19.9. The molecule has 0 saturated carbocycles. The van der Waals surface area contributed by atoms with Crippen LogP contribution in [0.15, 0.2) is 30.6 Å². The summed E-state index contributed by atoms with van der Waals surface area (Å²) in [4.78, 5) is 22.0. The molecule has 1 fully saturated rings. The fourth-order valence-electron chi connectivity index (χ4n) is 4.84. The van der Waals surface area contributed by atoms with Crippen molar-refractivity contribution in [2.24, 2.45) is 0 Å². The van der Waals surface area contributed by atoms with E-state index in [0.29, 0.717) is 43.5 Å². The summed E-state index contributed by atoms with van der Waals surface area (Å²) >= 11 is 0. The fourth-order valence-corrected chi connectivity index (χ4v) is 6.27. The largest absolute Gasteiger partial charge is 0.491 e. The molecule has 0 aromatic carbocycles. The summed E-state index contributed by atoms with van der Waals surface area (Å²) in [6, 6.07) is 7.76. The molecule has 1 N–H and O–H groups in total. The van der Waals surface area contributed by atoms with Gasteiger partial charge in [-0.1, -0.05) is 20.8 Å². The smallest absolute Gasteiger partial charge is 0.413 e. The predicted molar refractivity (Wildman–Crippen MR) is 170 cm³/mol. The molecule has 0 spiro atoms. The fraction of sp³-hybridized carbons (Fsp3) is 0.594. The Morgan fingerprint density at radius 3 is 2.49 bits per heavy atom. The van der Waals surface area contributed by atoms with E-state index in [9.17, 15) is 4.79 Å². The number of ether oxygens (including phenoxy) is 4. The molecule has 2 atom stereocenters. The highest BCUT2D eigenvalue weighted by Gasteiger charge is 2.40. The maximum Gasteiger partial charge on any atom is 0.413 e. The number of fused-ring (bicyclic) bond motifs is 1. The van der Waals surface area contributed by atoms with Gasteiger partial charge in [0.25, 0.3) is 0 Å². The Labute approximate surface area is 256 Å². The Kier molecular flexibility index (Phi) is 9.32. The van der Waals surface area contributed by atoms with Crippen molar-refractivity contribution in [2.45, 2.75) is 97.2 Å². The van der Waals surface area contributed by atoms with Gasteiger partial charge in [0.05, 0.1) is 29.6 Å². The average Bonchev–Trinajstić information content (AvgIpc) is 3.51. The minimum atomic E-state index is -1.95. The van der Waals surface area contributed by atoms with Crippen LogP contribution in [0, 0.1) is 6.92 Å². The SMILES string of the molecule is CO[C@@]1(c2cc(OC[C@@H](C)O[Si](C)(C)C(C)(C)C)cc(-c3cc(C)n4cnc(NC(=O)OC(C)(C)C)cc34)n2)CCOC1. The zero-order valence-electron chi connectivity index (χ0n) is 27.6. The van der Waals surface area contributed by atoms with Crippen LogP contribution < -0.4 is 10.1 Å². The normalized spacial score (nSPS) is 18.6. The van der Waals surface area contributed by atoms with Gasteiger partial charge in [-0.15, -0.1) is 0 Å². The van der Waals surface area contributed by atoms with Gasteiger partial charge in [0.1, 0.15) is 35.7 Å². The number of hydrogen-bond donors (Lipinski definition) is 1. The second-order valence-corrected chi connectivity index (χ2v) is 18.7. The molecule has 0 unspecified atom stereocenters. The molecule has 3 aromatic rings. The number of aryl methyl sites for hydroxylation is 1. The van der Waals surface area contributed by atoms with Crippen molar-refractivity contribution in [1.82, 2.24) is 14.4 Å². The minimum absolute atomic E-state index is 0.0859. The molecule has 10 nitrogen and oxygen atoms in total. The van der Waals surface area contributed by atoms with Gasteiger partial charge >= 0.3 is 6.09 Å². The van der Waals surface area contributed by atoms with Crippen molar-refractivity contribution in [3.63, 3.8) is 0 Å². The number of pyridine rings is 1. The molecule has 11 heteroatoms. The molecule has 43 heavy (non-hydrogen) atoms. The van der Waals surface area contributed by atoms with Gasteiger partial charge in [-0.05, 0) is 58.8 Å². The van der Waals surface area contributed by atoms with Gasteiger partial charge < -0.3 is 27.8 Å². The van der Waals surface area contributed by atoms with Crippen molar-refractivity contribution in [3.8, 4) is 17.0 Å². The summed E-state index contributed by atoms with van der Waals surface area (Å²) in [5, 5.41) is 2.85.